The number of carbonyl (C=O) groups is 1. The zero-order valence-electron chi connectivity index (χ0n) is 17.5. The van der Waals surface area contributed by atoms with Crippen LogP contribution >= 0.6 is 0 Å². The number of aromatic nitrogens is 2. The number of nitrogens with one attached hydrogen (secondary N) is 1. The van der Waals surface area contributed by atoms with E-state index < -0.39 is 12.5 Å². The number of ether oxygens (including phenoxy) is 1. The lowest BCUT2D eigenvalue weighted by Gasteiger charge is -2.32. The van der Waals surface area contributed by atoms with E-state index in [1.807, 2.05) is 6.07 Å². The van der Waals surface area contributed by atoms with Crippen molar-refractivity contribution in [3.63, 3.8) is 0 Å². The molecule has 2 aromatic carbocycles. The molecule has 4 rings (SSSR count). The third-order valence-electron chi connectivity index (χ3n) is 5.51. The number of benzene rings is 2. The van der Waals surface area contributed by atoms with E-state index in [-0.39, 0.29) is 11.4 Å². The minimum absolute atomic E-state index is 0.0325. The summed E-state index contributed by atoms with van der Waals surface area (Å²) in [6.45, 7) is -1.13. The number of halogens is 2. The van der Waals surface area contributed by atoms with Crippen LogP contribution in [0.5, 0.6) is 5.75 Å². The molecule has 0 radical (unpaired) electrons. The Hall–Kier alpha value is -3.55. The van der Waals surface area contributed by atoms with Crippen LogP contribution in [0.4, 0.5) is 20.3 Å². The van der Waals surface area contributed by atoms with Gasteiger partial charge in [-0.3, -0.25) is 4.79 Å². The molecule has 1 aliphatic rings. The predicted molar refractivity (Wildman–Crippen MR) is 118 cm³/mol. The SMILES string of the molecule is O=C(Nc1cccc(OC(F)F)c1)c1ccc(N2CCC(Cc3ccccc3)CC2)nn1. The van der Waals surface area contributed by atoms with E-state index in [1.165, 1.54) is 23.8 Å². The number of rotatable bonds is 7. The lowest BCUT2D eigenvalue weighted by Crippen LogP contribution is -2.35. The average Bonchev–Trinajstić information content (AvgIpc) is 2.80. The molecule has 6 nitrogen and oxygen atoms in total. The molecule has 8 heteroatoms. The van der Waals surface area contributed by atoms with Crippen LogP contribution in [0.2, 0.25) is 0 Å². The molecular weight excluding hydrogens is 414 g/mol. The van der Waals surface area contributed by atoms with E-state index in [0.29, 0.717) is 11.6 Å². The van der Waals surface area contributed by atoms with Gasteiger partial charge in [-0.25, -0.2) is 0 Å². The highest BCUT2D eigenvalue weighted by atomic mass is 19.3. The molecular formula is C24H24F2N4O2. The van der Waals surface area contributed by atoms with Crippen LogP contribution in [0.15, 0.2) is 66.7 Å². The molecule has 2 heterocycles. The summed E-state index contributed by atoms with van der Waals surface area (Å²) < 4.78 is 29.1. The number of piperidine rings is 1. The van der Waals surface area contributed by atoms with E-state index in [4.69, 9.17) is 0 Å². The van der Waals surface area contributed by atoms with Crippen LogP contribution in [0, 0.1) is 5.92 Å². The van der Waals surface area contributed by atoms with Crippen molar-refractivity contribution in [1.82, 2.24) is 10.2 Å². The second kappa shape index (κ2) is 10.2. The van der Waals surface area contributed by atoms with Gasteiger partial charge in [0.1, 0.15) is 5.75 Å². The van der Waals surface area contributed by atoms with Gasteiger partial charge in [0, 0.05) is 24.8 Å². The van der Waals surface area contributed by atoms with Crippen molar-refractivity contribution >= 4 is 17.4 Å². The molecule has 1 amide bonds. The third-order valence-corrected chi connectivity index (χ3v) is 5.51. The number of anilines is 2. The summed E-state index contributed by atoms with van der Waals surface area (Å²) in [6, 6.07) is 19.7. The van der Waals surface area contributed by atoms with Crippen molar-refractivity contribution in [1.29, 1.82) is 0 Å². The van der Waals surface area contributed by atoms with Gasteiger partial charge in [0.25, 0.3) is 5.91 Å². The molecule has 0 bridgehead atoms. The topological polar surface area (TPSA) is 67.3 Å². The summed E-state index contributed by atoms with van der Waals surface area (Å²) in [7, 11) is 0. The minimum Gasteiger partial charge on any atom is -0.435 e. The fourth-order valence-electron chi connectivity index (χ4n) is 3.87. The van der Waals surface area contributed by atoms with Crippen molar-refractivity contribution in [3.8, 4) is 5.75 Å². The van der Waals surface area contributed by atoms with Crippen molar-refractivity contribution < 1.29 is 18.3 Å². The summed E-state index contributed by atoms with van der Waals surface area (Å²) in [5.74, 6) is 0.887. The Bertz CT molecular complexity index is 1020. The van der Waals surface area contributed by atoms with Crippen molar-refractivity contribution in [2.45, 2.75) is 25.9 Å². The highest BCUT2D eigenvalue weighted by molar-refractivity contribution is 6.02. The Morgan fingerprint density at radius 1 is 1.03 bits per heavy atom. The quantitative estimate of drug-likeness (QED) is 0.575. The molecule has 166 valence electrons. The van der Waals surface area contributed by atoms with Crippen LogP contribution in [0.3, 0.4) is 0 Å². The first-order valence-electron chi connectivity index (χ1n) is 10.6. The van der Waals surface area contributed by atoms with Gasteiger partial charge in [0.15, 0.2) is 11.5 Å². The van der Waals surface area contributed by atoms with Gasteiger partial charge in [-0.15, -0.1) is 10.2 Å². The molecule has 0 spiro atoms. The highest BCUT2D eigenvalue weighted by Crippen LogP contribution is 2.25. The first-order valence-corrected chi connectivity index (χ1v) is 10.6. The molecule has 1 fully saturated rings. The van der Waals surface area contributed by atoms with Crippen LogP contribution in [0.25, 0.3) is 0 Å². The summed E-state index contributed by atoms with van der Waals surface area (Å²) in [6.07, 6.45) is 3.24. The molecule has 0 aliphatic carbocycles. The van der Waals surface area contributed by atoms with Gasteiger partial charge in [-0.2, -0.15) is 8.78 Å². The van der Waals surface area contributed by atoms with E-state index in [2.05, 4.69) is 49.4 Å². The largest absolute Gasteiger partial charge is 0.435 e. The second-order valence-corrected chi connectivity index (χ2v) is 7.76. The van der Waals surface area contributed by atoms with E-state index in [9.17, 15) is 13.6 Å². The molecule has 3 aromatic rings. The molecule has 32 heavy (non-hydrogen) atoms. The smallest absolute Gasteiger partial charge is 0.387 e. The summed E-state index contributed by atoms with van der Waals surface area (Å²) in [5.41, 5.74) is 1.85. The van der Waals surface area contributed by atoms with Crippen molar-refractivity contribution in [2.75, 3.05) is 23.3 Å². The van der Waals surface area contributed by atoms with Gasteiger partial charge < -0.3 is 15.0 Å². The summed E-state index contributed by atoms with van der Waals surface area (Å²) >= 11 is 0. The van der Waals surface area contributed by atoms with Crippen LogP contribution < -0.4 is 15.0 Å². The molecule has 0 unspecified atom stereocenters. The van der Waals surface area contributed by atoms with Crippen LogP contribution in [0.1, 0.15) is 28.9 Å². The maximum atomic E-state index is 12.4. The maximum Gasteiger partial charge on any atom is 0.387 e. The monoisotopic (exact) mass is 438 g/mol. The van der Waals surface area contributed by atoms with Crippen molar-refractivity contribution in [2.24, 2.45) is 5.92 Å². The second-order valence-electron chi connectivity index (χ2n) is 7.76. The molecule has 1 N–H and O–H groups in total. The first-order chi connectivity index (χ1) is 15.6. The molecule has 0 saturated carbocycles. The number of hydrogen-bond donors (Lipinski definition) is 1. The van der Waals surface area contributed by atoms with Crippen LogP contribution in [-0.2, 0) is 6.42 Å². The Balaban J connectivity index is 1.31. The highest BCUT2D eigenvalue weighted by Gasteiger charge is 2.21. The maximum absolute atomic E-state index is 12.4. The lowest BCUT2D eigenvalue weighted by molar-refractivity contribution is -0.0498. The fourth-order valence-corrected chi connectivity index (χ4v) is 3.87. The Morgan fingerprint density at radius 3 is 2.50 bits per heavy atom. The average molecular weight is 438 g/mol. The van der Waals surface area contributed by atoms with E-state index in [0.717, 1.165) is 38.2 Å². The number of hydrogen-bond acceptors (Lipinski definition) is 5. The molecule has 1 aromatic heterocycles. The number of alkyl halides is 2. The van der Waals surface area contributed by atoms with E-state index >= 15 is 0 Å². The number of nitrogens with zero attached hydrogens (tertiary/aromatic N) is 3. The van der Waals surface area contributed by atoms with Gasteiger partial charge in [0.2, 0.25) is 0 Å². The number of amides is 1. The molecule has 1 aliphatic heterocycles. The number of carbonyl (C=O) groups excluding carboxylic acids is 1. The minimum atomic E-state index is -2.93. The fraction of sp³-hybridized carbons (Fsp3) is 0.292. The Morgan fingerprint density at radius 2 is 1.81 bits per heavy atom. The summed E-state index contributed by atoms with van der Waals surface area (Å²) in [5, 5.41) is 10.9. The Kier molecular flexibility index (Phi) is 6.89. The van der Waals surface area contributed by atoms with Crippen LogP contribution in [-0.4, -0.2) is 35.8 Å². The third kappa shape index (κ3) is 5.78. The summed E-state index contributed by atoms with van der Waals surface area (Å²) in [4.78, 5) is 14.6. The van der Waals surface area contributed by atoms with Crippen molar-refractivity contribution in [3.05, 3.63) is 78.0 Å². The van der Waals surface area contributed by atoms with Gasteiger partial charge in [-0.05, 0) is 55.0 Å². The Labute approximate surface area is 185 Å². The van der Waals surface area contributed by atoms with E-state index in [1.54, 1.807) is 18.2 Å². The predicted octanol–water partition coefficient (Wildman–Crippen LogP) is 4.79. The zero-order valence-corrected chi connectivity index (χ0v) is 17.5. The van der Waals surface area contributed by atoms with Gasteiger partial charge in [-0.1, -0.05) is 36.4 Å². The zero-order chi connectivity index (χ0) is 22.3. The van der Waals surface area contributed by atoms with Gasteiger partial charge in [0.05, 0.1) is 0 Å². The lowest BCUT2D eigenvalue weighted by atomic mass is 9.90. The van der Waals surface area contributed by atoms with Gasteiger partial charge >= 0.3 is 6.61 Å². The normalized spacial score (nSPS) is 14.4. The molecule has 1 saturated heterocycles. The first kappa shape index (κ1) is 21.7. The standard InChI is InChI=1S/C24H24F2N4O2/c25-24(26)32-20-8-4-7-19(16-20)27-23(31)21-9-10-22(29-28-21)30-13-11-18(12-14-30)15-17-5-2-1-3-6-17/h1-10,16,18,24H,11-15H2,(H,27,31). The molecule has 0 atom stereocenters.